The first kappa shape index (κ1) is 15.0. The number of carboxylic acid groups (broad SMARTS) is 1. The molecule has 0 heterocycles. The first-order chi connectivity index (χ1) is 10.1. The van der Waals surface area contributed by atoms with Gasteiger partial charge < -0.3 is 10.4 Å². The van der Waals surface area contributed by atoms with Crippen molar-refractivity contribution in [2.45, 2.75) is 19.8 Å². The number of rotatable bonds is 6. The number of nitrogens with one attached hydrogen (secondary N) is 1. The topological polar surface area (TPSA) is 66.4 Å². The van der Waals surface area contributed by atoms with Gasteiger partial charge in [0, 0.05) is 18.5 Å². The molecule has 0 saturated carbocycles. The van der Waals surface area contributed by atoms with E-state index in [9.17, 15) is 9.59 Å². The number of hydrogen-bond donors (Lipinski definition) is 2. The average molecular weight is 285 g/mol. The molecule has 2 aromatic rings. The number of carbonyl (C=O) groups is 2. The monoisotopic (exact) mass is 285 g/mol. The Kier molecular flexibility index (Phi) is 4.93. The third kappa shape index (κ3) is 4.05. The van der Waals surface area contributed by atoms with Crippen molar-refractivity contribution < 1.29 is 14.7 Å². The van der Waals surface area contributed by atoms with Crippen LogP contribution < -0.4 is 5.32 Å². The lowest BCUT2D eigenvalue weighted by Crippen LogP contribution is -2.28. The number of carbonyl (C=O) groups excluding carboxylic acids is 1. The minimum atomic E-state index is -0.803. The van der Waals surface area contributed by atoms with Crippen LogP contribution in [0.3, 0.4) is 0 Å². The van der Waals surface area contributed by atoms with Crippen LogP contribution in [0.1, 0.15) is 30.1 Å². The summed E-state index contributed by atoms with van der Waals surface area (Å²) in [7, 11) is 0. The summed E-state index contributed by atoms with van der Waals surface area (Å²) in [6.07, 6.45) is 0.691. The molecule has 0 bridgehead atoms. The molecule has 2 N–H and O–H groups in total. The number of amides is 1. The summed E-state index contributed by atoms with van der Waals surface area (Å²) in [6.45, 7) is 2.42. The molecule has 4 heteroatoms. The smallest absolute Gasteiger partial charge is 0.303 e. The first-order valence-corrected chi connectivity index (χ1v) is 7.05. The van der Waals surface area contributed by atoms with Crippen molar-refractivity contribution in [2.24, 2.45) is 5.92 Å². The number of aliphatic carboxylic acids is 1. The second-order valence-electron chi connectivity index (χ2n) is 5.27. The minimum Gasteiger partial charge on any atom is -0.481 e. The van der Waals surface area contributed by atoms with Crippen molar-refractivity contribution in [3.8, 4) is 0 Å². The van der Waals surface area contributed by atoms with Gasteiger partial charge in [-0.05, 0) is 29.2 Å². The first-order valence-electron chi connectivity index (χ1n) is 7.05. The van der Waals surface area contributed by atoms with Gasteiger partial charge >= 0.3 is 5.97 Å². The van der Waals surface area contributed by atoms with E-state index in [2.05, 4.69) is 5.32 Å². The predicted octanol–water partition coefficient (Wildman–Crippen LogP) is 3.07. The van der Waals surface area contributed by atoms with Crippen LogP contribution in [0.15, 0.2) is 42.5 Å². The van der Waals surface area contributed by atoms with Crippen LogP contribution in [-0.4, -0.2) is 23.5 Å². The van der Waals surface area contributed by atoms with Crippen LogP contribution in [0.2, 0.25) is 0 Å². The van der Waals surface area contributed by atoms with E-state index in [1.54, 1.807) is 6.07 Å². The van der Waals surface area contributed by atoms with Gasteiger partial charge in [0.25, 0.3) is 5.91 Å². The van der Waals surface area contributed by atoms with Crippen LogP contribution in [-0.2, 0) is 4.79 Å². The van der Waals surface area contributed by atoms with Crippen LogP contribution >= 0.6 is 0 Å². The largest absolute Gasteiger partial charge is 0.481 e. The fraction of sp³-hybridized carbons (Fsp3) is 0.294. The molecule has 1 amide bonds. The standard InChI is InChI=1S/C17H19NO3/c1-12(9-10-16(19)20)11-18-17(21)15-8-4-6-13-5-2-3-7-14(13)15/h2-8,12H,9-11H2,1H3,(H,18,21)(H,19,20). The molecule has 21 heavy (non-hydrogen) atoms. The Morgan fingerprint density at radius 2 is 1.86 bits per heavy atom. The zero-order chi connectivity index (χ0) is 15.2. The fourth-order valence-electron chi connectivity index (χ4n) is 2.26. The van der Waals surface area contributed by atoms with Gasteiger partial charge in [0.15, 0.2) is 0 Å². The zero-order valence-electron chi connectivity index (χ0n) is 12.0. The Bertz CT molecular complexity index is 646. The molecule has 0 fully saturated rings. The van der Waals surface area contributed by atoms with Gasteiger partial charge in [0.2, 0.25) is 0 Å². The maximum absolute atomic E-state index is 12.3. The third-order valence-corrected chi connectivity index (χ3v) is 3.50. The van der Waals surface area contributed by atoms with Crippen LogP contribution in [0.5, 0.6) is 0 Å². The number of fused-ring (bicyclic) bond motifs is 1. The highest BCUT2D eigenvalue weighted by molar-refractivity contribution is 6.06. The molecule has 0 aliphatic carbocycles. The van der Waals surface area contributed by atoms with Gasteiger partial charge in [0.1, 0.15) is 0 Å². The molecule has 2 aromatic carbocycles. The van der Waals surface area contributed by atoms with Crippen molar-refractivity contribution in [1.29, 1.82) is 0 Å². The molecule has 0 aliphatic rings. The minimum absolute atomic E-state index is 0.117. The maximum Gasteiger partial charge on any atom is 0.303 e. The molecular formula is C17H19NO3. The number of hydrogen-bond acceptors (Lipinski definition) is 2. The van der Waals surface area contributed by atoms with Gasteiger partial charge in [-0.2, -0.15) is 0 Å². The highest BCUT2D eigenvalue weighted by Crippen LogP contribution is 2.18. The fourth-order valence-corrected chi connectivity index (χ4v) is 2.26. The summed E-state index contributed by atoms with van der Waals surface area (Å²) in [4.78, 5) is 22.8. The highest BCUT2D eigenvalue weighted by Gasteiger charge is 2.11. The summed E-state index contributed by atoms with van der Waals surface area (Å²) in [5.74, 6) is -0.781. The molecule has 2 rings (SSSR count). The van der Waals surface area contributed by atoms with E-state index >= 15 is 0 Å². The third-order valence-electron chi connectivity index (χ3n) is 3.50. The Hall–Kier alpha value is -2.36. The van der Waals surface area contributed by atoms with Gasteiger partial charge in [-0.15, -0.1) is 0 Å². The SMILES string of the molecule is CC(CCC(=O)O)CNC(=O)c1cccc2ccccc12. The quantitative estimate of drug-likeness (QED) is 0.857. The molecule has 0 aromatic heterocycles. The molecule has 0 spiro atoms. The summed E-state index contributed by atoms with van der Waals surface area (Å²) >= 11 is 0. The van der Waals surface area contributed by atoms with E-state index in [0.717, 1.165) is 10.8 Å². The molecular weight excluding hydrogens is 266 g/mol. The number of benzene rings is 2. The Balaban J connectivity index is 2.01. The van der Waals surface area contributed by atoms with Crippen molar-refractivity contribution in [2.75, 3.05) is 6.54 Å². The molecule has 4 nitrogen and oxygen atoms in total. The van der Waals surface area contributed by atoms with Crippen LogP contribution in [0.25, 0.3) is 10.8 Å². The van der Waals surface area contributed by atoms with E-state index < -0.39 is 5.97 Å². The van der Waals surface area contributed by atoms with Gasteiger partial charge in [-0.1, -0.05) is 43.3 Å². The lowest BCUT2D eigenvalue weighted by atomic mass is 10.0. The van der Waals surface area contributed by atoms with Crippen LogP contribution in [0.4, 0.5) is 0 Å². The molecule has 110 valence electrons. The summed E-state index contributed by atoms with van der Waals surface area (Å²) in [6, 6.07) is 13.4. The highest BCUT2D eigenvalue weighted by atomic mass is 16.4. The van der Waals surface area contributed by atoms with E-state index in [-0.39, 0.29) is 18.2 Å². The molecule has 0 saturated heterocycles. The zero-order valence-corrected chi connectivity index (χ0v) is 12.0. The second kappa shape index (κ2) is 6.88. The van der Waals surface area contributed by atoms with E-state index in [0.29, 0.717) is 18.5 Å². The van der Waals surface area contributed by atoms with Gasteiger partial charge in [0.05, 0.1) is 0 Å². The molecule has 0 radical (unpaired) electrons. The van der Waals surface area contributed by atoms with E-state index in [1.165, 1.54) is 0 Å². The molecule has 1 unspecified atom stereocenters. The van der Waals surface area contributed by atoms with Gasteiger partial charge in [-0.25, -0.2) is 0 Å². The Labute approximate surface area is 123 Å². The Morgan fingerprint density at radius 3 is 2.62 bits per heavy atom. The maximum atomic E-state index is 12.3. The summed E-state index contributed by atoms with van der Waals surface area (Å²) in [5.41, 5.74) is 0.651. The summed E-state index contributed by atoms with van der Waals surface area (Å²) in [5, 5.41) is 13.5. The predicted molar refractivity (Wildman–Crippen MR) is 82.3 cm³/mol. The molecule has 1 atom stereocenters. The lowest BCUT2D eigenvalue weighted by Gasteiger charge is -2.12. The second-order valence-corrected chi connectivity index (χ2v) is 5.27. The summed E-state index contributed by atoms with van der Waals surface area (Å²) < 4.78 is 0. The van der Waals surface area contributed by atoms with Crippen molar-refractivity contribution in [1.82, 2.24) is 5.32 Å². The van der Waals surface area contributed by atoms with Gasteiger partial charge in [-0.3, -0.25) is 9.59 Å². The van der Waals surface area contributed by atoms with Crippen molar-refractivity contribution in [3.05, 3.63) is 48.0 Å². The van der Waals surface area contributed by atoms with Crippen LogP contribution in [0, 0.1) is 5.92 Å². The van der Waals surface area contributed by atoms with Crippen molar-refractivity contribution >= 4 is 22.6 Å². The normalized spacial score (nSPS) is 12.0. The molecule has 0 aliphatic heterocycles. The number of carboxylic acids is 1. The van der Waals surface area contributed by atoms with Crippen molar-refractivity contribution in [3.63, 3.8) is 0 Å². The lowest BCUT2D eigenvalue weighted by molar-refractivity contribution is -0.137. The average Bonchev–Trinajstić information content (AvgIpc) is 2.50. The Morgan fingerprint density at radius 1 is 1.14 bits per heavy atom. The van der Waals surface area contributed by atoms with E-state index in [4.69, 9.17) is 5.11 Å². The van der Waals surface area contributed by atoms with E-state index in [1.807, 2.05) is 43.3 Å².